The Bertz CT molecular complexity index is 841. The lowest BCUT2D eigenvalue weighted by atomic mass is 10.0. The van der Waals surface area contributed by atoms with E-state index in [-0.39, 0.29) is 16.8 Å². The Kier molecular flexibility index (Phi) is 5.87. The molecule has 2 rings (SSSR count). The van der Waals surface area contributed by atoms with Gasteiger partial charge in [-0.1, -0.05) is 28.1 Å². The average Bonchev–Trinajstić information content (AvgIpc) is 2.55. The molecule has 0 bridgehead atoms. The summed E-state index contributed by atoms with van der Waals surface area (Å²) in [6.45, 7) is 1.36. The van der Waals surface area contributed by atoms with Crippen LogP contribution in [0.15, 0.2) is 46.9 Å². The topological polar surface area (TPSA) is 95.5 Å². The highest BCUT2D eigenvalue weighted by atomic mass is 79.9. The first kappa shape index (κ1) is 18.6. The Hall–Kier alpha value is -2.74. The van der Waals surface area contributed by atoms with Crippen molar-refractivity contribution in [3.63, 3.8) is 0 Å². The number of nitrogens with one attached hydrogen (secondary N) is 2. The fourth-order valence-electron chi connectivity index (χ4n) is 2.10. The number of rotatable bonds is 5. The Labute approximate surface area is 151 Å². The van der Waals surface area contributed by atoms with E-state index >= 15 is 0 Å². The highest BCUT2D eigenvalue weighted by molar-refractivity contribution is 9.10. The van der Waals surface area contributed by atoms with Gasteiger partial charge in [-0.05, 0) is 37.3 Å². The molecule has 6 nitrogen and oxygen atoms in total. The van der Waals surface area contributed by atoms with Crippen LogP contribution in [0.5, 0.6) is 0 Å². The van der Waals surface area contributed by atoms with Crippen LogP contribution in [0.3, 0.4) is 0 Å². The van der Waals surface area contributed by atoms with E-state index in [0.717, 1.165) is 0 Å². The van der Waals surface area contributed by atoms with E-state index in [4.69, 9.17) is 5.11 Å². The highest BCUT2D eigenvalue weighted by Crippen LogP contribution is 2.25. The molecule has 1 atom stereocenters. The lowest BCUT2D eigenvalue weighted by Gasteiger charge is -2.15. The minimum Gasteiger partial charge on any atom is -0.465 e. The van der Waals surface area contributed by atoms with Gasteiger partial charge in [0.25, 0.3) is 0 Å². The van der Waals surface area contributed by atoms with E-state index in [0.29, 0.717) is 4.47 Å². The summed E-state index contributed by atoms with van der Waals surface area (Å²) in [6, 6.07) is 9.02. The number of hydrogen-bond acceptors (Lipinski definition) is 3. The van der Waals surface area contributed by atoms with Crippen molar-refractivity contribution >= 4 is 39.4 Å². The van der Waals surface area contributed by atoms with Crippen LogP contribution in [0, 0.1) is 5.82 Å². The second-order valence-electron chi connectivity index (χ2n) is 5.16. The van der Waals surface area contributed by atoms with Crippen molar-refractivity contribution in [1.82, 2.24) is 5.32 Å². The molecule has 3 N–H and O–H groups in total. The SMILES string of the molecule is CC(NC(=O)O)C(=O)Nc1ccc(Br)cc1C(=O)c1ccccc1F. The average molecular weight is 409 g/mol. The smallest absolute Gasteiger partial charge is 0.405 e. The van der Waals surface area contributed by atoms with E-state index in [1.165, 1.54) is 43.3 Å². The van der Waals surface area contributed by atoms with Crippen LogP contribution < -0.4 is 10.6 Å². The van der Waals surface area contributed by atoms with Gasteiger partial charge in [0.15, 0.2) is 5.78 Å². The Morgan fingerprint density at radius 1 is 1.12 bits per heavy atom. The van der Waals surface area contributed by atoms with Crippen molar-refractivity contribution in [2.24, 2.45) is 0 Å². The zero-order chi connectivity index (χ0) is 18.6. The molecular weight excluding hydrogens is 395 g/mol. The van der Waals surface area contributed by atoms with E-state index in [9.17, 15) is 18.8 Å². The molecular formula is C17H14BrFN2O4. The van der Waals surface area contributed by atoms with Crippen molar-refractivity contribution in [1.29, 1.82) is 0 Å². The molecule has 2 amide bonds. The third-order valence-corrected chi connectivity index (χ3v) is 3.83. The summed E-state index contributed by atoms with van der Waals surface area (Å²) >= 11 is 3.23. The Balaban J connectivity index is 2.35. The predicted octanol–water partition coefficient (Wildman–Crippen LogP) is 3.41. The second kappa shape index (κ2) is 7.89. The molecule has 1 unspecified atom stereocenters. The molecule has 0 aliphatic carbocycles. The van der Waals surface area contributed by atoms with Gasteiger partial charge in [-0.15, -0.1) is 0 Å². The number of halogens is 2. The van der Waals surface area contributed by atoms with Crippen LogP contribution in [0.4, 0.5) is 14.9 Å². The molecule has 0 aromatic heterocycles. The molecule has 8 heteroatoms. The minimum absolute atomic E-state index is 0.0790. The minimum atomic E-state index is -1.35. The van der Waals surface area contributed by atoms with Crippen molar-refractivity contribution in [3.05, 3.63) is 63.9 Å². The monoisotopic (exact) mass is 408 g/mol. The van der Waals surface area contributed by atoms with Crippen LogP contribution in [-0.4, -0.2) is 28.9 Å². The quantitative estimate of drug-likeness (QED) is 0.660. The molecule has 0 spiro atoms. The lowest BCUT2D eigenvalue weighted by Crippen LogP contribution is -2.41. The van der Waals surface area contributed by atoms with Gasteiger partial charge in [0.05, 0.1) is 11.3 Å². The number of amides is 2. The molecule has 0 aliphatic heterocycles. The molecule has 0 aliphatic rings. The zero-order valence-electron chi connectivity index (χ0n) is 13.0. The predicted molar refractivity (Wildman–Crippen MR) is 93.2 cm³/mol. The number of ketones is 1. The van der Waals surface area contributed by atoms with Gasteiger partial charge >= 0.3 is 6.09 Å². The van der Waals surface area contributed by atoms with Crippen molar-refractivity contribution in [2.45, 2.75) is 13.0 Å². The largest absolute Gasteiger partial charge is 0.465 e. The third kappa shape index (κ3) is 4.63. The first-order valence-electron chi connectivity index (χ1n) is 7.18. The number of carbonyl (C=O) groups is 3. The number of carbonyl (C=O) groups excluding carboxylic acids is 2. The summed E-state index contributed by atoms with van der Waals surface area (Å²) in [4.78, 5) is 35.3. The Morgan fingerprint density at radius 2 is 1.80 bits per heavy atom. The van der Waals surface area contributed by atoms with Gasteiger partial charge in [-0.25, -0.2) is 9.18 Å². The standard InChI is InChI=1S/C17H14BrFN2O4/c1-9(20-17(24)25)16(23)21-14-7-6-10(18)8-12(14)15(22)11-4-2-3-5-13(11)19/h2-9,20H,1H3,(H,21,23)(H,24,25). The summed E-state index contributed by atoms with van der Waals surface area (Å²) in [5, 5.41) is 13.2. The second-order valence-corrected chi connectivity index (χ2v) is 6.07. The maximum absolute atomic E-state index is 13.9. The van der Waals surface area contributed by atoms with Gasteiger partial charge in [-0.3, -0.25) is 9.59 Å². The van der Waals surface area contributed by atoms with Gasteiger partial charge in [-0.2, -0.15) is 0 Å². The van der Waals surface area contributed by atoms with Crippen LogP contribution in [0.2, 0.25) is 0 Å². The Morgan fingerprint density at radius 3 is 2.44 bits per heavy atom. The van der Waals surface area contributed by atoms with E-state index in [2.05, 4.69) is 21.2 Å². The van der Waals surface area contributed by atoms with E-state index < -0.39 is 29.6 Å². The molecule has 0 radical (unpaired) electrons. The maximum Gasteiger partial charge on any atom is 0.405 e. The zero-order valence-corrected chi connectivity index (χ0v) is 14.6. The van der Waals surface area contributed by atoms with Gasteiger partial charge < -0.3 is 15.7 Å². The molecule has 0 fully saturated rings. The van der Waals surface area contributed by atoms with Crippen molar-refractivity contribution < 1.29 is 23.9 Å². The van der Waals surface area contributed by atoms with E-state index in [1.54, 1.807) is 6.07 Å². The third-order valence-electron chi connectivity index (χ3n) is 3.34. The van der Waals surface area contributed by atoms with Gasteiger partial charge in [0.2, 0.25) is 5.91 Å². The molecule has 2 aromatic rings. The van der Waals surface area contributed by atoms with Crippen LogP contribution >= 0.6 is 15.9 Å². The van der Waals surface area contributed by atoms with Gasteiger partial charge in [0, 0.05) is 10.0 Å². The van der Waals surface area contributed by atoms with Crippen molar-refractivity contribution in [2.75, 3.05) is 5.32 Å². The summed E-state index contributed by atoms with van der Waals surface area (Å²) in [6.07, 6.45) is -1.35. The summed E-state index contributed by atoms with van der Waals surface area (Å²) < 4.78 is 14.5. The molecule has 2 aromatic carbocycles. The molecule has 0 heterocycles. The molecule has 0 saturated heterocycles. The molecule has 25 heavy (non-hydrogen) atoms. The maximum atomic E-state index is 13.9. The van der Waals surface area contributed by atoms with Crippen LogP contribution in [-0.2, 0) is 4.79 Å². The number of benzene rings is 2. The van der Waals surface area contributed by atoms with E-state index in [1.807, 2.05) is 5.32 Å². The molecule has 130 valence electrons. The number of carboxylic acid groups (broad SMARTS) is 1. The lowest BCUT2D eigenvalue weighted by molar-refractivity contribution is -0.117. The van der Waals surface area contributed by atoms with Crippen LogP contribution in [0.25, 0.3) is 0 Å². The summed E-state index contributed by atoms with van der Waals surface area (Å²) in [5.41, 5.74) is 0.101. The number of anilines is 1. The first-order valence-corrected chi connectivity index (χ1v) is 7.98. The highest BCUT2D eigenvalue weighted by Gasteiger charge is 2.21. The summed E-state index contributed by atoms with van der Waals surface area (Å²) in [5.74, 6) is -1.92. The first-order chi connectivity index (χ1) is 11.8. The van der Waals surface area contributed by atoms with Gasteiger partial charge in [0.1, 0.15) is 11.9 Å². The number of hydrogen-bond donors (Lipinski definition) is 3. The summed E-state index contributed by atoms with van der Waals surface area (Å²) in [7, 11) is 0. The normalized spacial score (nSPS) is 11.5. The fraction of sp³-hybridized carbons (Fsp3) is 0.118. The van der Waals surface area contributed by atoms with Crippen molar-refractivity contribution in [3.8, 4) is 0 Å². The fourth-order valence-corrected chi connectivity index (χ4v) is 2.46. The van der Waals surface area contributed by atoms with Crippen LogP contribution in [0.1, 0.15) is 22.8 Å². The molecule has 0 saturated carbocycles.